The summed E-state index contributed by atoms with van der Waals surface area (Å²) < 4.78 is 27.6. The molecule has 0 saturated carbocycles. The van der Waals surface area contributed by atoms with Crippen LogP contribution in [0.2, 0.25) is 5.02 Å². The fourth-order valence-electron chi connectivity index (χ4n) is 4.05. The van der Waals surface area contributed by atoms with Crippen LogP contribution in [0.5, 0.6) is 0 Å². The largest absolute Gasteiger partial charge is 0.308 e. The lowest BCUT2D eigenvalue weighted by molar-refractivity contribution is 0.0988. The van der Waals surface area contributed by atoms with E-state index < -0.39 is 10.0 Å². The van der Waals surface area contributed by atoms with E-state index in [1.165, 1.54) is 10.4 Å². The molecule has 0 radical (unpaired) electrons. The minimum atomic E-state index is -3.59. The monoisotopic (exact) mass is 477 g/mol. The van der Waals surface area contributed by atoms with Crippen LogP contribution < -0.4 is 5.32 Å². The number of hydrogen-bond acceptors (Lipinski definition) is 5. The van der Waals surface area contributed by atoms with Crippen LogP contribution in [0, 0.1) is 5.92 Å². The van der Waals surface area contributed by atoms with Crippen molar-refractivity contribution in [2.45, 2.75) is 30.7 Å². The third-order valence-electron chi connectivity index (χ3n) is 5.91. The maximum Gasteiger partial charge on any atom is 0.243 e. The van der Waals surface area contributed by atoms with E-state index in [9.17, 15) is 13.2 Å². The van der Waals surface area contributed by atoms with Gasteiger partial charge in [0, 0.05) is 36.3 Å². The first kappa shape index (κ1) is 24.9. The van der Waals surface area contributed by atoms with Crippen molar-refractivity contribution in [2.75, 3.05) is 40.3 Å². The molecule has 1 N–H and O–H groups in total. The minimum Gasteiger partial charge on any atom is -0.308 e. The summed E-state index contributed by atoms with van der Waals surface area (Å²) in [5, 5.41) is 3.91. The van der Waals surface area contributed by atoms with E-state index in [0.29, 0.717) is 36.1 Å². The van der Waals surface area contributed by atoms with Crippen molar-refractivity contribution in [1.29, 1.82) is 0 Å². The normalized spacial score (nSPS) is 18.6. The molecule has 1 saturated heterocycles. The Morgan fingerprint density at radius 3 is 2.59 bits per heavy atom. The number of benzene rings is 2. The first-order valence-corrected chi connectivity index (χ1v) is 12.8. The van der Waals surface area contributed by atoms with Gasteiger partial charge in [-0.25, -0.2) is 8.42 Å². The van der Waals surface area contributed by atoms with Crippen LogP contribution in [0.4, 0.5) is 0 Å². The van der Waals surface area contributed by atoms with Gasteiger partial charge in [0.1, 0.15) is 0 Å². The van der Waals surface area contributed by atoms with Crippen molar-refractivity contribution in [3.8, 4) is 0 Å². The second-order valence-corrected chi connectivity index (χ2v) is 11.1. The number of Topliss-reactive ketones (excluding diaryl/α,β-unsaturated/α-hetero) is 1. The topological polar surface area (TPSA) is 69.7 Å². The van der Waals surface area contributed by atoms with Crippen LogP contribution in [-0.2, 0) is 10.0 Å². The standard InChI is InChI=1S/C24H32ClN3O3S/c1-18-6-5-13-28(17-18)32(30,31)22-8-4-7-20(14-22)24(29)16-26-15-23(27(2)3)19-9-11-21(25)12-10-19/h4,7-12,14,18,23,26H,5-6,13,15-17H2,1-3H3. The molecular weight excluding hydrogens is 446 g/mol. The van der Waals surface area contributed by atoms with Crippen LogP contribution in [0.15, 0.2) is 53.4 Å². The molecule has 3 rings (SSSR count). The average Bonchev–Trinajstić information content (AvgIpc) is 2.77. The van der Waals surface area contributed by atoms with Gasteiger partial charge in [-0.05, 0) is 62.7 Å². The molecule has 0 aliphatic carbocycles. The second-order valence-electron chi connectivity index (χ2n) is 8.72. The zero-order valence-electron chi connectivity index (χ0n) is 18.9. The number of carbonyl (C=O) groups is 1. The molecule has 2 aromatic carbocycles. The van der Waals surface area contributed by atoms with E-state index in [0.717, 1.165) is 18.4 Å². The molecule has 0 spiro atoms. The number of nitrogens with one attached hydrogen (secondary N) is 1. The Balaban J connectivity index is 1.65. The Bertz CT molecular complexity index is 1030. The quantitative estimate of drug-likeness (QED) is 0.556. The summed E-state index contributed by atoms with van der Waals surface area (Å²) in [6, 6.07) is 14.1. The predicted octanol–water partition coefficient (Wildman–Crippen LogP) is 3.84. The third-order valence-corrected chi connectivity index (χ3v) is 8.03. The van der Waals surface area contributed by atoms with Crippen LogP contribution in [0.3, 0.4) is 0 Å². The Kier molecular flexibility index (Phi) is 8.47. The lowest BCUT2D eigenvalue weighted by Crippen LogP contribution is -2.39. The third kappa shape index (κ3) is 6.17. The van der Waals surface area contributed by atoms with E-state index in [-0.39, 0.29) is 23.3 Å². The van der Waals surface area contributed by atoms with Crippen LogP contribution >= 0.6 is 11.6 Å². The molecule has 1 heterocycles. The smallest absolute Gasteiger partial charge is 0.243 e. The molecule has 0 aromatic heterocycles. The molecule has 1 aliphatic rings. The Morgan fingerprint density at radius 1 is 1.22 bits per heavy atom. The highest BCUT2D eigenvalue weighted by Crippen LogP contribution is 2.24. The van der Waals surface area contributed by atoms with E-state index in [1.807, 2.05) is 38.4 Å². The Hall–Kier alpha value is -1.77. The minimum absolute atomic E-state index is 0.0767. The van der Waals surface area contributed by atoms with Gasteiger partial charge in [-0.1, -0.05) is 42.8 Å². The van der Waals surface area contributed by atoms with Gasteiger partial charge >= 0.3 is 0 Å². The molecular formula is C24H32ClN3O3S. The summed E-state index contributed by atoms with van der Waals surface area (Å²) in [6.45, 7) is 3.83. The highest BCUT2D eigenvalue weighted by Gasteiger charge is 2.29. The summed E-state index contributed by atoms with van der Waals surface area (Å²) in [6.07, 6.45) is 1.91. The number of nitrogens with zero attached hydrogens (tertiary/aromatic N) is 2. The highest BCUT2D eigenvalue weighted by molar-refractivity contribution is 7.89. The fraction of sp³-hybridized carbons (Fsp3) is 0.458. The number of carbonyl (C=O) groups excluding carboxylic acids is 1. The fourth-order valence-corrected chi connectivity index (χ4v) is 5.82. The van der Waals surface area contributed by atoms with Crippen molar-refractivity contribution in [3.63, 3.8) is 0 Å². The van der Waals surface area contributed by atoms with Crippen LogP contribution in [0.1, 0.15) is 41.7 Å². The molecule has 2 unspecified atom stereocenters. The number of halogens is 1. The molecule has 32 heavy (non-hydrogen) atoms. The number of rotatable bonds is 9. The number of sulfonamides is 1. The Morgan fingerprint density at radius 2 is 1.94 bits per heavy atom. The van der Waals surface area contributed by atoms with Crippen molar-refractivity contribution in [2.24, 2.45) is 5.92 Å². The maximum atomic E-state index is 13.1. The summed E-state index contributed by atoms with van der Waals surface area (Å²) in [5.41, 5.74) is 1.50. The SMILES string of the molecule is CC1CCCN(S(=O)(=O)c2cccc(C(=O)CNCC(c3ccc(Cl)cc3)N(C)C)c2)C1. The molecule has 0 bridgehead atoms. The molecule has 0 amide bonds. The number of piperidine rings is 1. The molecule has 174 valence electrons. The van der Waals surface area contributed by atoms with E-state index in [4.69, 9.17) is 11.6 Å². The molecule has 1 aliphatic heterocycles. The average molecular weight is 478 g/mol. The predicted molar refractivity (Wildman–Crippen MR) is 129 cm³/mol. The maximum absolute atomic E-state index is 13.1. The van der Waals surface area contributed by atoms with Gasteiger partial charge in [-0.15, -0.1) is 0 Å². The number of likely N-dealkylation sites (N-methyl/N-ethyl adjacent to an activating group) is 1. The van der Waals surface area contributed by atoms with Gasteiger partial charge < -0.3 is 10.2 Å². The van der Waals surface area contributed by atoms with Crippen molar-refractivity contribution in [1.82, 2.24) is 14.5 Å². The molecule has 8 heteroatoms. The summed E-state index contributed by atoms with van der Waals surface area (Å²) in [7, 11) is 0.377. The van der Waals surface area contributed by atoms with Gasteiger partial charge in [0.25, 0.3) is 0 Å². The molecule has 6 nitrogen and oxygen atoms in total. The summed E-state index contributed by atoms with van der Waals surface area (Å²) >= 11 is 5.99. The first-order valence-electron chi connectivity index (χ1n) is 10.9. The van der Waals surface area contributed by atoms with Crippen molar-refractivity contribution in [3.05, 3.63) is 64.7 Å². The summed E-state index contributed by atoms with van der Waals surface area (Å²) in [5.74, 6) is 0.209. The second kappa shape index (κ2) is 10.9. The lowest BCUT2D eigenvalue weighted by atomic mass is 10.0. The molecule has 1 fully saturated rings. The highest BCUT2D eigenvalue weighted by atomic mass is 35.5. The lowest BCUT2D eigenvalue weighted by Gasteiger charge is -2.30. The number of hydrogen-bond donors (Lipinski definition) is 1. The summed E-state index contributed by atoms with van der Waals surface area (Å²) in [4.78, 5) is 15.0. The van der Waals surface area contributed by atoms with Gasteiger partial charge in [-0.3, -0.25) is 4.79 Å². The van der Waals surface area contributed by atoms with Crippen LogP contribution in [0.25, 0.3) is 0 Å². The first-order chi connectivity index (χ1) is 15.2. The van der Waals surface area contributed by atoms with Crippen molar-refractivity contribution >= 4 is 27.4 Å². The van der Waals surface area contributed by atoms with E-state index in [2.05, 4.69) is 17.1 Å². The number of ketones is 1. The van der Waals surface area contributed by atoms with Gasteiger partial charge in [0.15, 0.2) is 5.78 Å². The van der Waals surface area contributed by atoms with E-state index in [1.54, 1.807) is 18.2 Å². The van der Waals surface area contributed by atoms with Gasteiger partial charge in [-0.2, -0.15) is 4.31 Å². The van der Waals surface area contributed by atoms with Gasteiger partial charge in [0.2, 0.25) is 10.0 Å². The van der Waals surface area contributed by atoms with Crippen LogP contribution in [-0.4, -0.2) is 63.7 Å². The zero-order chi connectivity index (χ0) is 23.3. The zero-order valence-corrected chi connectivity index (χ0v) is 20.5. The van der Waals surface area contributed by atoms with Gasteiger partial charge in [0.05, 0.1) is 11.4 Å². The molecule has 2 aromatic rings. The van der Waals surface area contributed by atoms with Crippen molar-refractivity contribution < 1.29 is 13.2 Å². The Labute approximate surface area is 196 Å². The molecule has 2 atom stereocenters. The van der Waals surface area contributed by atoms with E-state index >= 15 is 0 Å².